The van der Waals surface area contributed by atoms with Gasteiger partial charge in [-0.15, -0.1) is 16.8 Å². The SMILES string of the molecule is C=CCn1c(CC2CCCCC2)nnc1SCc1ccccc1C. The van der Waals surface area contributed by atoms with Crippen molar-refractivity contribution < 1.29 is 0 Å². The fraction of sp³-hybridized carbons (Fsp3) is 0.500. The van der Waals surface area contributed by atoms with Crippen molar-refractivity contribution >= 4 is 11.8 Å². The first-order valence-electron chi connectivity index (χ1n) is 8.98. The van der Waals surface area contributed by atoms with Crippen molar-refractivity contribution in [1.29, 1.82) is 0 Å². The summed E-state index contributed by atoms with van der Waals surface area (Å²) in [6, 6.07) is 8.55. The molecule has 1 aliphatic carbocycles. The van der Waals surface area contributed by atoms with Crippen LogP contribution in [0.25, 0.3) is 0 Å². The first-order chi connectivity index (χ1) is 11.8. The molecule has 0 bridgehead atoms. The maximum atomic E-state index is 4.51. The summed E-state index contributed by atoms with van der Waals surface area (Å²) in [5, 5.41) is 10.00. The smallest absolute Gasteiger partial charge is 0.191 e. The number of rotatable bonds is 7. The number of hydrogen-bond acceptors (Lipinski definition) is 3. The van der Waals surface area contributed by atoms with E-state index in [0.717, 1.165) is 35.6 Å². The molecule has 0 amide bonds. The van der Waals surface area contributed by atoms with Gasteiger partial charge in [0.05, 0.1) is 0 Å². The summed E-state index contributed by atoms with van der Waals surface area (Å²) in [6.07, 6.45) is 9.83. The molecule has 24 heavy (non-hydrogen) atoms. The van der Waals surface area contributed by atoms with Crippen molar-refractivity contribution in [1.82, 2.24) is 14.8 Å². The highest BCUT2D eigenvalue weighted by atomic mass is 32.2. The maximum Gasteiger partial charge on any atom is 0.191 e. The summed E-state index contributed by atoms with van der Waals surface area (Å²) < 4.78 is 2.25. The first kappa shape index (κ1) is 17.3. The van der Waals surface area contributed by atoms with Gasteiger partial charge in [0.1, 0.15) is 5.82 Å². The molecule has 1 fully saturated rings. The van der Waals surface area contributed by atoms with Gasteiger partial charge in [0.2, 0.25) is 0 Å². The fourth-order valence-electron chi connectivity index (χ4n) is 3.45. The predicted octanol–water partition coefficient (Wildman–Crippen LogP) is 5.19. The van der Waals surface area contributed by atoms with Crippen LogP contribution >= 0.6 is 11.8 Å². The van der Waals surface area contributed by atoms with Gasteiger partial charge in [0.25, 0.3) is 0 Å². The number of nitrogens with zero attached hydrogens (tertiary/aromatic N) is 3. The summed E-state index contributed by atoms with van der Waals surface area (Å²) in [5.41, 5.74) is 2.70. The second kappa shape index (κ2) is 8.52. The zero-order valence-electron chi connectivity index (χ0n) is 14.6. The van der Waals surface area contributed by atoms with Crippen molar-refractivity contribution in [3.8, 4) is 0 Å². The van der Waals surface area contributed by atoms with Crippen LogP contribution in [0.2, 0.25) is 0 Å². The molecule has 3 rings (SSSR count). The van der Waals surface area contributed by atoms with Crippen LogP contribution in [0.3, 0.4) is 0 Å². The van der Waals surface area contributed by atoms with E-state index in [1.165, 1.54) is 43.2 Å². The van der Waals surface area contributed by atoms with Gasteiger partial charge in [-0.05, 0) is 24.0 Å². The summed E-state index contributed by atoms with van der Waals surface area (Å²) in [5.74, 6) is 2.85. The van der Waals surface area contributed by atoms with Gasteiger partial charge in [-0.3, -0.25) is 0 Å². The summed E-state index contributed by atoms with van der Waals surface area (Å²) in [4.78, 5) is 0. The van der Waals surface area contributed by atoms with Crippen LogP contribution < -0.4 is 0 Å². The minimum atomic E-state index is 0.778. The minimum Gasteiger partial charge on any atom is -0.302 e. The lowest BCUT2D eigenvalue weighted by Gasteiger charge is -2.21. The average Bonchev–Trinajstić information content (AvgIpc) is 2.97. The van der Waals surface area contributed by atoms with E-state index in [2.05, 4.69) is 52.5 Å². The molecule has 1 aliphatic rings. The third-order valence-corrected chi connectivity index (χ3v) is 5.93. The van der Waals surface area contributed by atoms with E-state index in [1.807, 2.05) is 6.08 Å². The highest BCUT2D eigenvalue weighted by Gasteiger charge is 2.19. The van der Waals surface area contributed by atoms with Gasteiger partial charge in [-0.2, -0.15) is 0 Å². The Labute approximate surface area is 149 Å². The van der Waals surface area contributed by atoms with Gasteiger partial charge in [0.15, 0.2) is 5.16 Å². The molecule has 1 aromatic heterocycles. The zero-order chi connectivity index (χ0) is 16.8. The van der Waals surface area contributed by atoms with E-state index < -0.39 is 0 Å². The molecule has 1 heterocycles. The summed E-state index contributed by atoms with van der Waals surface area (Å²) in [7, 11) is 0. The molecule has 128 valence electrons. The van der Waals surface area contributed by atoms with E-state index in [4.69, 9.17) is 0 Å². The van der Waals surface area contributed by atoms with E-state index in [1.54, 1.807) is 11.8 Å². The number of allylic oxidation sites excluding steroid dienone is 1. The third-order valence-electron chi connectivity index (χ3n) is 4.92. The molecule has 0 radical (unpaired) electrons. The summed E-state index contributed by atoms with van der Waals surface area (Å²) >= 11 is 1.78. The molecular formula is C20H27N3S. The average molecular weight is 342 g/mol. The van der Waals surface area contributed by atoms with Crippen molar-refractivity contribution in [2.45, 2.75) is 62.9 Å². The van der Waals surface area contributed by atoms with E-state index in [-0.39, 0.29) is 0 Å². The number of hydrogen-bond donors (Lipinski definition) is 0. The molecule has 0 aliphatic heterocycles. The van der Waals surface area contributed by atoms with Gasteiger partial charge < -0.3 is 4.57 Å². The van der Waals surface area contributed by atoms with Crippen LogP contribution in [0, 0.1) is 12.8 Å². The Balaban J connectivity index is 1.70. The standard InChI is InChI=1S/C20H27N3S/c1-3-13-23-19(14-17-10-5-4-6-11-17)21-22-20(23)24-15-18-12-8-7-9-16(18)2/h3,7-9,12,17H,1,4-6,10-11,13-15H2,2H3. The highest BCUT2D eigenvalue weighted by molar-refractivity contribution is 7.98. The Morgan fingerprint density at radius 2 is 2.00 bits per heavy atom. The second-order valence-electron chi connectivity index (χ2n) is 6.72. The number of aryl methyl sites for hydroxylation is 1. The zero-order valence-corrected chi connectivity index (χ0v) is 15.4. The molecule has 4 heteroatoms. The Kier molecular flexibility index (Phi) is 6.13. The Hall–Kier alpha value is -1.55. The molecule has 0 atom stereocenters. The first-order valence-corrected chi connectivity index (χ1v) is 9.96. The van der Waals surface area contributed by atoms with Gasteiger partial charge in [-0.25, -0.2) is 0 Å². The normalized spacial score (nSPS) is 15.5. The topological polar surface area (TPSA) is 30.7 Å². The second-order valence-corrected chi connectivity index (χ2v) is 7.66. The van der Waals surface area contributed by atoms with Crippen LogP contribution in [-0.2, 0) is 18.7 Å². The van der Waals surface area contributed by atoms with Gasteiger partial charge in [-0.1, -0.05) is 74.2 Å². The monoisotopic (exact) mass is 341 g/mol. The minimum absolute atomic E-state index is 0.778. The Morgan fingerprint density at radius 1 is 1.21 bits per heavy atom. The number of benzene rings is 1. The molecule has 0 spiro atoms. The van der Waals surface area contributed by atoms with Crippen LogP contribution in [0.1, 0.15) is 49.1 Å². The lowest BCUT2D eigenvalue weighted by molar-refractivity contribution is 0.347. The number of aromatic nitrogens is 3. The van der Waals surface area contributed by atoms with Gasteiger partial charge in [0, 0.05) is 18.7 Å². The van der Waals surface area contributed by atoms with E-state index in [9.17, 15) is 0 Å². The molecule has 0 saturated heterocycles. The molecule has 0 N–H and O–H groups in total. The third kappa shape index (κ3) is 4.29. The van der Waals surface area contributed by atoms with Crippen LogP contribution in [0.5, 0.6) is 0 Å². The molecular weight excluding hydrogens is 314 g/mol. The van der Waals surface area contributed by atoms with Crippen molar-refractivity contribution in [2.75, 3.05) is 0 Å². The Bertz CT molecular complexity index is 671. The Morgan fingerprint density at radius 3 is 2.75 bits per heavy atom. The molecule has 1 aromatic carbocycles. The quantitative estimate of drug-likeness (QED) is 0.513. The molecule has 2 aromatic rings. The number of thioether (sulfide) groups is 1. The predicted molar refractivity (Wildman–Crippen MR) is 101 cm³/mol. The van der Waals surface area contributed by atoms with Gasteiger partial charge >= 0.3 is 0 Å². The van der Waals surface area contributed by atoms with E-state index >= 15 is 0 Å². The van der Waals surface area contributed by atoms with Crippen LogP contribution in [0.4, 0.5) is 0 Å². The maximum absolute atomic E-state index is 4.51. The molecule has 1 saturated carbocycles. The van der Waals surface area contributed by atoms with E-state index in [0.29, 0.717) is 0 Å². The summed E-state index contributed by atoms with van der Waals surface area (Å²) in [6.45, 7) is 6.87. The van der Waals surface area contributed by atoms with Crippen molar-refractivity contribution in [2.24, 2.45) is 5.92 Å². The van der Waals surface area contributed by atoms with Crippen LogP contribution in [-0.4, -0.2) is 14.8 Å². The molecule has 0 unspecified atom stereocenters. The lowest BCUT2D eigenvalue weighted by atomic mass is 9.87. The molecule has 3 nitrogen and oxygen atoms in total. The largest absolute Gasteiger partial charge is 0.302 e. The van der Waals surface area contributed by atoms with Crippen molar-refractivity contribution in [3.63, 3.8) is 0 Å². The fourth-order valence-corrected chi connectivity index (χ4v) is 4.50. The van der Waals surface area contributed by atoms with Crippen molar-refractivity contribution in [3.05, 3.63) is 53.9 Å². The highest BCUT2D eigenvalue weighted by Crippen LogP contribution is 2.28. The van der Waals surface area contributed by atoms with Crippen LogP contribution in [0.15, 0.2) is 42.1 Å². The lowest BCUT2D eigenvalue weighted by Crippen LogP contribution is -2.13.